The molecule has 0 saturated carbocycles. The second kappa shape index (κ2) is 6.62. The number of carbonyl (C=O) groups excluding carboxylic acids is 1. The lowest BCUT2D eigenvalue weighted by Crippen LogP contribution is -2.30. The van der Waals surface area contributed by atoms with Crippen LogP contribution in [0.4, 0.5) is 0 Å². The molecule has 2 N–H and O–H groups in total. The van der Waals surface area contributed by atoms with Gasteiger partial charge in [0.05, 0.1) is 23.5 Å². The van der Waals surface area contributed by atoms with Crippen LogP contribution in [-0.4, -0.2) is 21.1 Å². The Morgan fingerprint density at radius 1 is 1.26 bits per heavy atom. The Hall–Kier alpha value is -2.66. The molecular weight excluding hydrogens is 312 g/mol. The molecule has 0 radical (unpaired) electrons. The van der Waals surface area contributed by atoms with Gasteiger partial charge in [0.2, 0.25) is 0 Å². The number of H-pyrrole nitrogens is 1. The summed E-state index contributed by atoms with van der Waals surface area (Å²) in [4.78, 5) is 16.9. The van der Waals surface area contributed by atoms with Crippen LogP contribution in [0.25, 0.3) is 0 Å². The number of carbonyl (C=O) groups is 1. The highest BCUT2D eigenvalue weighted by Crippen LogP contribution is 2.23. The first kappa shape index (κ1) is 15.2. The second-order valence-corrected chi connectivity index (χ2v) is 5.56. The largest absolute Gasteiger partial charge is 0.339 e. The fraction of sp³-hybridized carbons (Fsp3) is 0.118. The Balaban J connectivity index is 1.96. The maximum Gasteiger partial charge on any atom is 0.255 e. The van der Waals surface area contributed by atoms with E-state index in [0.29, 0.717) is 16.3 Å². The molecule has 3 aromatic rings. The molecule has 1 atom stereocenters. The summed E-state index contributed by atoms with van der Waals surface area (Å²) in [6, 6.07) is 12.6. The van der Waals surface area contributed by atoms with Crippen molar-refractivity contribution in [3.8, 4) is 0 Å². The Labute approximate surface area is 138 Å². The number of nitrogens with zero attached hydrogens (tertiary/aromatic N) is 2. The Kier molecular flexibility index (Phi) is 4.39. The molecule has 1 amide bonds. The summed E-state index contributed by atoms with van der Waals surface area (Å²) in [5, 5.41) is 10.3. The van der Waals surface area contributed by atoms with Crippen LogP contribution in [0.5, 0.6) is 0 Å². The number of pyridine rings is 1. The summed E-state index contributed by atoms with van der Waals surface area (Å²) in [7, 11) is 0. The second-order valence-electron chi connectivity index (χ2n) is 5.12. The van der Waals surface area contributed by atoms with Crippen molar-refractivity contribution in [2.24, 2.45) is 0 Å². The molecule has 0 aliphatic heterocycles. The minimum absolute atomic E-state index is 0.216. The van der Waals surface area contributed by atoms with E-state index in [9.17, 15) is 4.79 Å². The van der Waals surface area contributed by atoms with Gasteiger partial charge in [-0.25, -0.2) is 0 Å². The number of aromatic nitrogens is 3. The van der Waals surface area contributed by atoms with Gasteiger partial charge in [-0.3, -0.25) is 14.9 Å². The van der Waals surface area contributed by atoms with Crippen molar-refractivity contribution >= 4 is 17.5 Å². The summed E-state index contributed by atoms with van der Waals surface area (Å²) in [5.41, 5.74) is 2.83. The highest BCUT2D eigenvalue weighted by Gasteiger charge is 2.20. The fourth-order valence-electron chi connectivity index (χ4n) is 2.35. The molecule has 23 heavy (non-hydrogen) atoms. The number of nitrogens with one attached hydrogen (secondary N) is 2. The summed E-state index contributed by atoms with van der Waals surface area (Å²) < 4.78 is 0. The van der Waals surface area contributed by atoms with Gasteiger partial charge in [-0.1, -0.05) is 29.8 Å². The molecule has 2 heterocycles. The first-order valence-electron chi connectivity index (χ1n) is 7.12. The van der Waals surface area contributed by atoms with E-state index in [2.05, 4.69) is 20.5 Å². The molecule has 2 aromatic heterocycles. The Bertz CT molecular complexity index is 816. The van der Waals surface area contributed by atoms with Crippen LogP contribution in [0.2, 0.25) is 5.02 Å². The third kappa shape index (κ3) is 3.40. The highest BCUT2D eigenvalue weighted by molar-refractivity contribution is 6.30. The van der Waals surface area contributed by atoms with Gasteiger partial charge in [0.15, 0.2) is 0 Å². The SMILES string of the molecule is Cc1[nH]ncc1C(=O)N[C@H](c1cccc(Cl)c1)c1ccccn1. The molecule has 0 saturated heterocycles. The van der Waals surface area contributed by atoms with Crippen molar-refractivity contribution in [3.05, 3.63) is 82.4 Å². The maximum absolute atomic E-state index is 12.5. The number of hydrogen-bond donors (Lipinski definition) is 2. The van der Waals surface area contributed by atoms with E-state index in [1.54, 1.807) is 19.2 Å². The van der Waals surface area contributed by atoms with E-state index in [-0.39, 0.29) is 5.91 Å². The van der Waals surface area contributed by atoms with Crippen molar-refractivity contribution in [1.29, 1.82) is 0 Å². The van der Waals surface area contributed by atoms with Gasteiger partial charge in [0, 0.05) is 16.9 Å². The van der Waals surface area contributed by atoms with Gasteiger partial charge in [0.1, 0.15) is 0 Å². The van der Waals surface area contributed by atoms with Crippen LogP contribution in [-0.2, 0) is 0 Å². The number of amides is 1. The van der Waals surface area contributed by atoms with Crippen LogP contribution in [0, 0.1) is 6.92 Å². The first-order valence-corrected chi connectivity index (χ1v) is 7.50. The zero-order valence-corrected chi connectivity index (χ0v) is 13.2. The van der Waals surface area contributed by atoms with E-state index in [4.69, 9.17) is 11.6 Å². The van der Waals surface area contributed by atoms with Gasteiger partial charge < -0.3 is 5.32 Å². The topological polar surface area (TPSA) is 70.7 Å². The molecule has 0 spiro atoms. The first-order chi connectivity index (χ1) is 11.1. The normalized spacial score (nSPS) is 11.9. The Morgan fingerprint density at radius 3 is 2.78 bits per heavy atom. The van der Waals surface area contributed by atoms with Crippen molar-refractivity contribution < 1.29 is 4.79 Å². The molecule has 0 aliphatic carbocycles. The standard InChI is InChI=1S/C17H15ClN4O/c1-11-14(10-20-22-11)17(23)21-16(15-7-2-3-8-19-15)12-5-4-6-13(18)9-12/h2-10,16H,1H3,(H,20,22)(H,21,23)/t16-/m1/s1. The molecule has 0 bridgehead atoms. The zero-order valence-electron chi connectivity index (χ0n) is 12.5. The monoisotopic (exact) mass is 326 g/mol. The minimum Gasteiger partial charge on any atom is -0.339 e. The molecule has 3 rings (SSSR count). The predicted molar refractivity (Wildman–Crippen MR) is 88.3 cm³/mol. The number of rotatable bonds is 4. The fourth-order valence-corrected chi connectivity index (χ4v) is 2.55. The van der Waals surface area contributed by atoms with Gasteiger partial charge in [-0.05, 0) is 36.8 Å². The van der Waals surface area contributed by atoms with Crippen molar-refractivity contribution in [1.82, 2.24) is 20.5 Å². The number of halogens is 1. The van der Waals surface area contributed by atoms with E-state index in [0.717, 1.165) is 11.3 Å². The average Bonchev–Trinajstić information content (AvgIpc) is 2.99. The molecule has 0 unspecified atom stereocenters. The van der Waals surface area contributed by atoms with E-state index in [1.165, 1.54) is 6.20 Å². The predicted octanol–water partition coefficient (Wildman–Crippen LogP) is 3.29. The lowest BCUT2D eigenvalue weighted by Gasteiger charge is -2.19. The van der Waals surface area contributed by atoms with E-state index in [1.807, 2.05) is 36.4 Å². The van der Waals surface area contributed by atoms with E-state index < -0.39 is 6.04 Å². The third-order valence-corrected chi connectivity index (χ3v) is 3.75. The maximum atomic E-state index is 12.5. The number of benzene rings is 1. The average molecular weight is 327 g/mol. The Morgan fingerprint density at radius 2 is 2.13 bits per heavy atom. The lowest BCUT2D eigenvalue weighted by molar-refractivity contribution is 0.0941. The van der Waals surface area contributed by atoms with Crippen LogP contribution >= 0.6 is 11.6 Å². The minimum atomic E-state index is -0.392. The van der Waals surface area contributed by atoms with Gasteiger partial charge >= 0.3 is 0 Å². The summed E-state index contributed by atoms with van der Waals surface area (Å²) in [5.74, 6) is -0.216. The van der Waals surface area contributed by atoms with Crippen molar-refractivity contribution in [2.75, 3.05) is 0 Å². The summed E-state index contributed by atoms with van der Waals surface area (Å²) in [6.07, 6.45) is 3.21. The molecule has 0 fully saturated rings. The zero-order chi connectivity index (χ0) is 16.2. The smallest absolute Gasteiger partial charge is 0.255 e. The van der Waals surface area contributed by atoms with Crippen LogP contribution in [0.1, 0.15) is 33.4 Å². The van der Waals surface area contributed by atoms with Crippen molar-refractivity contribution in [2.45, 2.75) is 13.0 Å². The third-order valence-electron chi connectivity index (χ3n) is 3.52. The molecule has 5 nitrogen and oxygen atoms in total. The summed E-state index contributed by atoms with van der Waals surface area (Å²) in [6.45, 7) is 1.80. The van der Waals surface area contributed by atoms with Crippen LogP contribution in [0.15, 0.2) is 54.9 Å². The summed E-state index contributed by atoms with van der Waals surface area (Å²) >= 11 is 6.09. The molecule has 1 aromatic carbocycles. The number of hydrogen-bond acceptors (Lipinski definition) is 3. The lowest BCUT2D eigenvalue weighted by atomic mass is 10.0. The van der Waals surface area contributed by atoms with Gasteiger partial charge in [-0.15, -0.1) is 0 Å². The molecule has 6 heteroatoms. The van der Waals surface area contributed by atoms with Crippen molar-refractivity contribution in [3.63, 3.8) is 0 Å². The number of aromatic amines is 1. The van der Waals surface area contributed by atoms with Crippen LogP contribution < -0.4 is 5.32 Å². The van der Waals surface area contributed by atoms with Gasteiger partial charge in [-0.2, -0.15) is 5.10 Å². The van der Waals surface area contributed by atoms with Crippen LogP contribution in [0.3, 0.4) is 0 Å². The molecule has 116 valence electrons. The van der Waals surface area contributed by atoms with E-state index >= 15 is 0 Å². The molecule has 0 aliphatic rings. The quantitative estimate of drug-likeness (QED) is 0.773. The molecular formula is C17H15ClN4O. The highest BCUT2D eigenvalue weighted by atomic mass is 35.5. The number of aryl methyl sites for hydroxylation is 1. The van der Waals surface area contributed by atoms with Gasteiger partial charge in [0.25, 0.3) is 5.91 Å².